The quantitative estimate of drug-likeness (QED) is 0.542. The van der Waals surface area contributed by atoms with Gasteiger partial charge in [0.25, 0.3) is 0 Å². The lowest BCUT2D eigenvalue weighted by Gasteiger charge is -2.04. The molecule has 3 rings (SSSR count). The maximum Gasteiger partial charge on any atom is 0.212 e. The molecular formula is C18H18N4O2S. The third-order valence-electron chi connectivity index (χ3n) is 3.52. The van der Waals surface area contributed by atoms with Crippen molar-refractivity contribution in [2.24, 2.45) is 5.10 Å². The zero-order valence-corrected chi connectivity index (χ0v) is 14.8. The summed E-state index contributed by atoms with van der Waals surface area (Å²) in [6, 6.07) is 13.5. The van der Waals surface area contributed by atoms with Gasteiger partial charge in [-0.25, -0.2) is 0 Å². The number of nitrogens with zero attached hydrogens (tertiary/aromatic N) is 4. The molecule has 2 aromatic carbocycles. The maximum atomic E-state index is 9.81. The molecule has 7 heteroatoms. The predicted octanol–water partition coefficient (Wildman–Crippen LogP) is 3.48. The molecule has 1 N–H and O–H groups in total. The highest BCUT2D eigenvalue weighted by atomic mass is 32.2. The number of hydrogen-bond acceptors (Lipinski definition) is 6. The molecule has 0 bridgehead atoms. The number of phenols is 1. The van der Waals surface area contributed by atoms with Crippen LogP contribution in [0.2, 0.25) is 0 Å². The highest BCUT2D eigenvalue weighted by Gasteiger charge is 2.05. The van der Waals surface area contributed by atoms with Crippen molar-refractivity contribution in [2.45, 2.75) is 17.8 Å². The average molecular weight is 354 g/mol. The smallest absolute Gasteiger partial charge is 0.212 e. The van der Waals surface area contributed by atoms with E-state index in [-0.39, 0.29) is 5.75 Å². The monoisotopic (exact) mass is 354 g/mol. The van der Waals surface area contributed by atoms with Crippen LogP contribution in [0.1, 0.15) is 16.7 Å². The third kappa shape index (κ3) is 4.39. The van der Waals surface area contributed by atoms with Gasteiger partial charge in [0.1, 0.15) is 6.33 Å². The van der Waals surface area contributed by atoms with E-state index in [0.717, 1.165) is 11.3 Å². The van der Waals surface area contributed by atoms with E-state index in [9.17, 15) is 5.11 Å². The lowest BCUT2D eigenvalue weighted by molar-refractivity contribution is 0.373. The summed E-state index contributed by atoms with van der Waals surface area (Å²) in [5.74, 6) is 1.29. The standard InChI is InChI=1S/C18H18N4O2S/c1-13-3-5-14(6-4-13)11-25-18-21-19-12-22(18)20-10-15-7-8-17(24-2)16(23)9-15/h3-10,12,23H,11H2,1-2H3/b20-10-. The Balaban J connectivity index is 1.68. The fourth-order valence-electron chi connectivity index (χ4n) is 2.14. The zero-order valence-electron chi connectivity index (χ0n) is 14.0. The van der Waals surface area contributed by atoms with Crippen LogP contribution in [-0.2, 0) is 5.75 Å². The van der Waals surface area contributed by atoms with Gasteiger partial charge in [-0.1, -0.05) is 41.6 Å². The predicted molar refractivity (Wildman–Crippen MR) is 98.4 cm³/mol. The Bertz CT molecular complexity index is 875. The summed E-state index contributed by atoms with van der Waals surface area (Å²) in [5, 5.41) is 22.9. The summed E-state index contributed by atoms with van der Waals surface area (Å²) in [6.45, 7) is 2.07. The van der Waals surface area contributed by atoms with Crippen LogP contribution in [0.25, 0.3) is 0 Å². The fraction of sp³-hybridized carbons (Fsp3) is 0.167. The highest BCUT2D eigenvalue weighted by Crippen LogP contribution is 2.25. The lowest BCUT2D eigenvalue weighted by atomic mass is 10.2. The Morgan fingerprint density at radius 1 is 1.24 bits per heavy atom. The topological polar surface area (TPSA) is 72.5 Å². The van der Waals surface area contributed by atoms with E-state index in [1.165, 1.54) is 18.2 Å². The van der Waals surface area contributed by atoms with Crippen LogP contribution in [0, 0.1) is 6.92 Å². The number of ether oxygens (including phenoxy) is 1. The Hall–Kier alpha value is -2.80. The van der Waals surface area contributed by atoms with Gasteiger partial charge in [-0.15, -0.1) is 10.2 Å². The summed E-state index contributed by atoms with van der Waals surface area (Å²) < 4.78 is 6.64. The number of rotatable bonds is 6. The van der Waals surface area contributed by atoms with E-state index in [2.05, 4.69) is 46.5 Å². The van der Waals surface area contributed by atoms with Crippen molar-refractivity contribution < 1.29 is 9.84 Å². The summed E-state index contributed by atoms with van der Waals surface area (Å²) >= 11 is 1.56. The average Bonchev–Trinajstić information content (AvgIpc) is 3.07. The van der Waals surface area contributed by atoms with Crippen molar-refractivity contribution in [1.82, 2.24) is 14.9 Å². The summed E-state index contributed by atoms with van der Waals surface area (Å²) in [5.41, 5.74) is 3.21. The number of benzene rings is 2. The van der Waals surface area contributed by atoms with Crippen LogP contribution in [0.15, 0.2) is 59.0 Å². The first kappa shape index (κ1) is 17.0. The van der Waals surface area contributed by atoms with Gasteiger partial charge in [0.2, 0.25) is 5.16 Å². The van der Waals surface area contributed by atoms with E-state index in [0.29, 0.717) is 10.9 Å². The second kappa shape index (κ2) is 7.85. The van der Waals surface area contributed by atoms with E-state index in [1.807, 2.05) is 6.07 Å². The van der Waals surface area contributed by atoms with Crippen molar-refractivity contribution in [3.05, 3.63) is 65.5 Å². The van der Waals surface area contributed by atoms with Gasteiger partial charge in [0.05, 0.1) is 13.3 Å². The molecule has 0 spiro atoms. The Morgan fingerprint density at radius 3 is 2.76 bits per heavy atom. The molecule has 0 aliphatic heterocycles. The minimum Gasteiger partial charge on any atom is -0.504 e. The van der Waals surface area contributed by atoms with Crippen LogP contribution in [-0.4, -0.2) is 33.3 Å². The van der Waals surface area contributed by atoms with Crippen molar-refractivity contribution in [2.75, 3.05) is 7.11 Å². The third-order valence-corrected chi connectivity index (χ3v) is 4.53. The highest BCUT2D eigenvalue weighted by molar-refractivity contribution is 7.98. The number of aromatic hydroxyl groups is 1. The largest absolute Gasteiger partial charge is 0.504 e. The molecular weight excluding hydrogens is 336 g/mol. The van der Waals surface area contributed by atoms with E-state index in [4.69, 9.17) is 4.74 Å². The summed E-state index contributed by atoms with van der Waals surface area (Å²) in [4.78, 5) is 0. The summed E-state index contributed by atoms with van der Waals surface area (Å²) in [6.07, 6.45) is 3.19. The first-order valence-electron chi connectivity index (χ1n) is 7.65. The SMILES string of the molecule is COc1ccc(/C=N\n2cnnc2SCc2ccc(C)cc2)cc1O. The molecule has 3 aromatic rings. The van der Waals surface area contributed by atoms with Gasteiger partial charge in [0.15, 0.2) is 11.5 Å². The Morgan fingerprint density at radius 2 is 2.04 bits per heavy atom. The van der Waals surface area contributed by atoms with Crippen molar-refractivity contribution >= 4 is 18.0 Å². The molecule has 0 fully saturated rings. The first-order chi connectivity index (χ1) is 12.2. The van der Waals surface area contributed by atoms with Crippen LogP contribution in [0.3, 0.4) is 0 Å². The lowest BCUT2D eigenvalue weighted by Crippen LogP contribution is -1.93. The number of phenolic OH excluding ortho intramolecular Hbond substituents is 1. The van der Waals surface area contributed by atoms with Gasteiger partial charge in [0, 0.05) is 5.75 Å². The number of methoxy groups -OCH3 is 1. The number of hydrogen-bond donors (Lipinski definition) is 1. The van der Waals surface area contributed by atoms with E-state index < -0.39 is 0 Å². The molecule has 6 nitrogen and oxygen atoms in total. The molecule has 0 atom stereocenters. The number of aryl methyl sites for hydroxylation is 1. The number of aromatic nitrogens is 3. The molecule has 128 valence electrons. The second-order valence-electron chi connectivity index (χ2n) is 5.41. The van der Waals surface area contributed by atoms with Crippen LogP contribution in [0.5, 0.6) is 11.5 Å². The Labute approximate surface area is 150 Å². The van der Waals surface area contributed by atoms with E-state index in [1.54, 1.807) is 41.1 Å². The van der Waals surface area contributed by atoms with Crippen LogP contribution >= 0.6 is 11.8 Å². The maximum absolute atomic E-state index is 9.81. The summed E-state index contributed by atoms with van der Waals surface area (Å²) in [7, 11) is 1.51. The molecule has 0 aliphatic rings. The molecule has 0 amide bonds. The van der Waals surface area contributed by atoms with Crippen molar-refractivity contribution in [3.63, 3.8) is 0 Å². The molecule has 1 heterocycles. The first-order valence-corrected chi connectivity index (χ1v) is 8.64. The van der Waals surface area contributed by atoms with Gasteiger partial charge >= 0.3 is 0 Å². The number of thioether (sulfide) groups is 1. The minimum absolute atomic E-state index is 0.0733. The van der Waals surface area contributed by atoms with Crippen molar-refractivity contribution in [3.8, 4) is 11.5 Å². The molecule has 0 saturated heterocycles. The second-order valence-corrected chi connectivity index (χ2v) is 6.35. The van der Waals surface area contributed by atoms with Crippen molar-refractivity contribution in [1.29, 1.82) is 0 Å². The van der Waals surface area contributed by atoms with Gasteiger partial charge in [-0.3, -0.25) is 0 Å². The van der Waals surface area contributed by atoms with Crippen LogP contribution < -0.4 is 4.74 Å². The van der Waals surface area contributed by atoms with Gasteiger partial charge in [-0.05, 0) is 36.2 Å². The molecule has 0 radical (unpaired) electrons. The fourth-order valence-corrected chi connectivity index (χ4v) is 2.96. The molecule has 0 aliphatic carbocycles. The molecule has 0 unspecified atom stereocenters. The minimum atomic E-state index is 0.0733. The van der Waals surface area contributed by atoms with Gasteiger partial charge in [-0.2, -0.15) is 9.78 Å². The molecule has 25 heavy (non-hydrogen) atoms. The normalized spacial score (nSPS) is 11.1. The van der Waals surface area contributed by atoms with Gasteiger partial charge < -0.3 is 9.84 Å². The van der Waals surface area contributed by atoms with Crippen LogP contribution in [0.4, 0.5) is 0 Å². The molecule has 0 saturated carbocycles. The zero-order chi connectivity index (χ0) is 17.6. The molecule has 1 aromatic heterocycles. The van der Waals surface area contributed by atoms with E-state index >= 15 is 0 Å². The Kier molecular flexibility index (Phi) is 5.35.